The Morgan fingerprint density at radius 2 is 1.61 bits per heavy atom. The van der Waals surface area contributed by atoms with Gasteiger partial charge < -0.3 is 10.2 Å². The Labute approximate surface area is 164 Å². The van der Waals surface area contributed by atoms with Gasteiger partial charge in [-0.3, -0.25) is 14.4 Å². The number of nitrogens with zero attached hydrogens (tertiary/aromatic N) is 1. The van der Waals surface area contributed by atoms with Crippen molar-refractivity contribution in [2.45, 2.75) is 33.2 Å². The van der Waals surface area contributed by atoms with Crippen LogP contribution in [-0.2, 0) is 16.1 Å². The Bertz CT molecular complexity index is 817. The molecule has 2 aromatic carbocycles. The van der Waals surface area contributed by atoms with Crippen LogP contribution in [0.5, 0.6) is 0 Å². The largest absolute Gasteiger partial charge is 0.350 e. The van der Waals surface area contributed by atoms with E-state index in [1.807, 2.05) is 19.1 Å². The summed E-state index contributed by atoms with van der Waals surface area (Å²) in [6, 6.07) is 13.1. The van der Waals surface area contributed by atoms with Crippen molar-refractivity contribution in [1.29, 1.82) is 0 Å². The van der Waals surface area contributed by atoms with Crippen molar-refractivity contribution in [3.05, 3.63) is 71.0 Å². The lowest BCUT2D eigenvalue weighted by atomic mass is 10.0. The van der Waals surface area contributed by atoms with Crippen molar-refractivity contribution < 1.29 is 18.8 Å². The first-order valence-corrected chi connectivity index (χ1v) is 9.28. The van der Waals surface area contributed by atoms with Crippen LogP contribution in [0.3, 0.4) is 0 Å². The molecule has 0 radical (unpaired) electrons. The van der Waals surface area contributed by atoms with Gasteiger partial charge in [-0.2, -0.15) is 0 Å². The number of carbonyl (C=O) groups excluding carboxylic acids is 3. The van der Waals surface area contributed by atoms with Gasteiger partial charge in [-0.05, 0) is 31.5 Å². The van der Waals surface area contributed by atoms with Crippen LogP contribution in [-0.4, -0.2) is 35.6 Å². The summed E-state index contributed by atoms with van der Waals surface area (Å²) in [6.07, 6.45) is 0.168. The highest BCUT2D eigenvalue weighted by atomic mass is 19.1. The minimum absolute atomic E-state index is 0.0613. The summed E-state index contributed by atoms with van der Waals surface area (Å²) in [7, 11) is 0. The van der Waals surface area contributed by atoms with Gasteiger partial charge in [-0.15, -0.1) is 0 Å². The Kier molecular flexibility index (Phi) is 7.87. The number of hydrogen-bond donors (Lipinski definition) is 1. The molecular formula is C22H25FN2O3. The van der Waals surface area contributed by atoms with E-state index < -0.39 is 0 Å². The predicted molar refractivity (Wildman–Crippen MR) is 105 cm³/mol. The molecule has 2 aromatic rings. The molecule has 1 N–H and O–H groups in total. The summed E-state index contributed by atoms with van der Waals surface area (Å²) >= 11 is 0. The zero-order chi connectivity index (χ0) is 20.5. The summed E-state index contributed by atoms with van der Waals surface area (Å²) in [6.45, 7) is 4.29. The number of likely N-dealkylation sites (N-methyl/N-ethyl adjacent to an activating group) is 1. The fraction of sp³-hybridized carbons (Fsp3) is 0.318. The Morgan fingerprint density at radius 1 is 0.964 bits per heavy atom. The molecule has 0 unspecified atom stereocenters. The van der Waals surface area contributed by atoms with Crippen molar-refractivity contribution in [1.82, 2.24) is 10.2 Å². The molecule has 0 aliphatic rings. The smallest absolute Gasteiger partial charge is 0.239 e. The van der Waals surface area contributed by atoms with Gasteiger partial charge in [0, 0.05) is 31.5 Å². The molecule has 148 valence electrons. The van der Waals surface area contributed by atoms with Crippen LogP contribution >= 0.6 is 0 Å². The highest BCUT2D eigenvalue weighted by Crippen LogP contribution is 2.09. The molecule has 0 atom stereocenters. The van der Waals surface area contributed by atoms with Gasteiger partial charge in [0.15, 0.2) is 5.78 Å². The van der Waals surface area contributed by atoms with Crippen LogP contribution in [0.25, 0.3) is 0 Å². The number of amides is 2. The number of benzene rings is 2. The number of hydrogen-bond acceptors (Lipinski definition) is 3. The molecule has 0 bridgehead atoms. The first-order valence-electron chi connectivity index (χ1n) is 9.28. The molecule has 0 saturated heterocycles. The maximum atomic E-state index is 12.9. The molecular weight excluding hydrogens is 359 g/mol. The lowest BCUT2D eigenvalue weighted by Crippen LogP contribution is -2.40. The predicted octanol–water partition coefficient (Wildman–Crippen LogP) is 3.26. The second-order valence-corrected chi connectivity index (χ2v) is 6.60. The zero-order valence-electron chi connectivity index (χ0n) is 16.2. The Balaban J connectivity index is 1.79. The fourth-order valence-electron chi connectivity index (χ4n) is 2.67. The van der Waals surface area contributed by atoms with Crippen LogP contribution in [0.4, 0.5) is 4.39 Å². The summed E-state index contributed by atoms with van der Waals surface area (Å²) in [5, 5.41) is 2.71. The molecule has 5 nitrogen and oxygen atoms in total. The topological polar surface area (TPSA) is 66.5 Å². The molecule has 0 aromatic heterocycles. The average molecular weight is 384 g/mol. The third kappa shape index (κ3) is 6.61. The first-order chi connectivity index (χ1) is 13.4. The van der Waals surface area contributed by atoms with E-state index >= 15 is 0 Å². The molecule has 2 rings (SSSR count). The third-order valence-corrected chi connectivity index (χ3v) is 4.41. The maximum absolute atomic E-state index is 12.9. The normalized spacial score (nSPS) is 10.4. The summed E-state index contributed by atoms with van der Waals surface area (Å²) in [4.78, 5) is 38.1. The monoisotopic (exact) mass is 384 g/mol. The van der Waals surface area contributed by atoms with Gasteiger partial charge in [0.25, 0.3) is 0 Å². The van der Waals surface area contributed by atoms with Crippen LogP contribution in [0, 0.1) is 12.7 Å². The van der Waals surface area contributed by atoms with E-state index in [2.05, 4.69) is 5.32 Å². The average Bonchev–Trinajstić information content (AvgIpc) is 2.70. The van der Waals surface area contributed by atoms with Crippen molar-refractivity contribution in [2.75, 3.05) is 13.1 Å². The van der Waals surface area contributed by atoms with Gasteiger partial charge in [-0.25, -0.2) is 4.39 Å². The van der Waals surface area contributed by atoms with Crippen LogP contribution in [0.1, 0.15) is 41.3 Å². The van der Waals surface area contributed by atoms with Gasteiger partial charge >= 0.3 is 0 Å². The van der Waals surface area contributed by atoms with Crippen LogP contribution < -0.4 is 5.32 Å². The quantitative estimate of drug-likeness (QED) is 0.675. The fourth-order valence-corrected chi connectivity index (χ4v) is 2.67. The molecule has 28 heavy (non-hydrogen) atoms. The molecule has 0 aliphatic carbocycles. The lowest BCUT2D eigenvalue weighted by molar-refractivity contribution is -0.135. The maximum Gasteiger partial charge on any atom is 0.239 e. The minimum Gasteiger partial charge on any atom is -0.350 e. The summed E-state index contributed by atoms with van der Waals surface area (Å²) in [5.41, 5.74) is 2.42. The lowest BCUT2D eigenvalue weighted by Gasteiger charge is -2.20. The van der Waals surface area contributed by atoms with Crippen molar-refractivity contribution >= 4 is 17.6 Å². The van der Waals surface area contributed by atoms with E-state index in [1.165, 1.54) is 17.0 Å². The van der Waals surface area contributed by atoms with Crippen molar-refractivity contribution in [3.63, 3.8) is 0 Å². The molecule has 0 heterocycles. The highest BCUT2D eigenvalue weighted by molar-refractivity contribution is 5.98. The number of Topliss-reactive ketones (excluding diaryl/α,β-unsaturated/α-hetero) is 1. The molecule has 6 heteroatoms. The summed E-state index contributed by atoms with van der Waals surface area (Å²) in [5.74, 6) is -0.965. The summed E-state index contributed by atoms with van der Waals surface area (Å²) < 4.78 is 12.9. The van der Waals surface area contributed by atoms with Gasteiger partial charge in [0.2, 0.25) is 11.8 Å². The van der Waals surface area contributed by atoms with E-state index in [-0.39, 0.29) is 49.3 Å². The molecule has 0 saturated carbocycles. The van der Waals surface area contributed by atoms with Crippen LogP contribution in [0.15, 0.2) is 48.5 Å². The van der Waals surface area contributed by atoms with E-state index in [0.717, 1.165) is 11.1 Å². The second kappa shape index (κ2) is 10.3. The van der Waals surface area contributed by atoms with Gasteiger partial charge in [0.05, 0.1) is 6.54 Å². The van der Waals surface area contributed by atoms with Crippen molar-refractivity contribution in [3.8, 4) is 0 Å². The SMILES string of the molecule is CCN(CC(=O)NCc1ccc(F)cc1)C(=O)CCC(=O)c1ccc(C)cc1. The van der Waals surface area contributed by atoms with E-state index in [0.29, 0.717) is 12.1 Å². The molecule has 0 aliphatic heterocycles. The second-order valence-electron chi connectivity index (χ2n) is 6.60. The number of carbonyl (C=O) groups is 3. The first kappa shape index (κ1) is 21.3. The number of rotatable bonds is 9. The molecule has 2 amide bonds. The van der Waals surface area contributed by atoms with Gasteiger partial charge in [-0.1, -0.05) is 42.0 Å². The third-order valence-electron chi connectivity index (χ3n) is 4.41. The van der Waals surface area contributed by atoms with Crippen LogP contribution in [0.2, 0.25) is 0 Å². The molecule has 0 spiro atoms. The zero-order valence-corrected chi connectivity index (χ0v) is 16.2. The minimum atomic E-state index is -0.335. The number of nitrogens with one attached hydrogen (secondary N) is 1. The standard InChI is InChI=1S/C22H25FN2O3/c1-3-25(15-21(27)24-14-17-6-10-19(23)11-7-17)22(28)13-12-20(26)18-8-4-16(2)5-9-18/h4-11H,3,12-15H2,1-2H3,(H,24,27). The van der Waals surface area contributed by atoms with E-state index in [4.69, 9.17) is 0 Å². The number of aryl methyl sites for hydroxylation is 1. The Hall–Kier alpha value is -3.02. The Morgan fingerprint density at radius 3 is 2.21 bits per heavy atom. The van der Waals surface area contributed by atoms with E-state index in [1.54, 1.807) is 31.2 Å². The number of ketones is 1. The van der Waals surface area contributed by atoms with E-state index in [9.17, 15) is 18.8 Å². The highest BCUT2D eigenvalue weighted by Gasteiger charge is 2.17. The molecule has 0 fully saturated rings. The van der Waals surface area contributed by atoms with Gasteiger partial charge in [0.1, 0.15) is 5.82 Å². The number of halogens is 1. The van der Waals surface area contributed by atoms with Crippen molar-refractivity contribution in [2.24, 2.45) is 0 Å².